The van der Waals surface area contributed by atoms with Crippen LogP contribution in [-0.2, 0) is 6.54 Å². The van der Waals surface area contributed by atoms with E-state index in [4.69, 9.17) is 11.1 Å². The average molecular weight is 354 g/mol. The zero-order valence-corrected chi connectivity index (χ0v) is 12.9. The summed E-state index contributed by atoms with van der Waals surface area (Å²) in [5.74, 6) is -1.20. The molecule has 0 unspecified atom stereocenters. The van der Waals surface area contributed by atoms with Crippen molar-refractivity contribution in [3.05, 3.63) is 63.6 Å². The van der Waals surface area contributed by atoms with E-state index in [0.717, 1.165) is 5.69 Å². The Kier molecular flexibility index (Phi) is 4.57. The fourth-order valence-electron chi connectivity index (χ4n) is 1.94. The van der Waals surface area contributed by atoms with Gasteiger partial charge in [-0.05, 0) is 52.3 Å². The zero-order chi connectivity index (χ0) is 15.6. The van der Waals surface area contributed by atoms with Crippen LogP contribution in [0.4, 0.5) is 14.5 Å². The third-order valence-corrected chi connectivity index (χ3v) is 3.77. The van der Waals surface area contributed by atoms with Crippen LogP contribution in [0.3, 0.4) is 0 Å². The lowest BCUT2D eigenvalue weighted by atomic mass is 10.1. The highest BCUT2D eigenvalue weighted by Crippen LogP contribution is 2.24. The SMILES string of the molecule is CN(Cc1c(F)ccc(Br)c1F)c1ccc(C(=N)N)cc1. The predicted octanol–water partition coefficient (Wildman–Crippen LogP) is 3.65. The summed E-state index contributed by atoms with van der Waals surface area (Å²) in [5.41, 5.74) is 6.77. The van der Waals surface area contributed by atoms with E-state index in [1.165, 1.54) is 12.1 Å². The molecule has 0 atom stereocenters. The second-order valence-electron chi connectivity index (χ2n) is 4.64. The minimum atomic E-state index is -0.595. The van der Waals surface area contributed by atoms with E-state index in [0.29, 0.717) is 5.56 Å². The second-order valence-corrected chi connectivity index (χ2v) is 5.49. The highest BCUT2D eigenvalue weighted by atomic mass is 79.9. The van der Waals surface area contributed by atoms with Gasteiger partial charge in [0, 0.05) is 30.4 Å². The Balaban J connectivity index is 2.24. The Bertz CT molecular complexity index is 671. The first kappa shape index (κ1) is 15.4. The molecule has 110 valence electrons. The number of nitrogens with two attached hydrogens (primary N) is 1. The van der Waals surface area contributed by atoms with Crippen LogP contribution in [0.25, 0.3) is 0 Å². The molecular weight excluding hydrogens is 340 g/mol. The highest BCUT2D eigenvalue weighted by molar-refractivity contribution is 9.10. The lowest BCUT2D eigenvalue weighted by Gasteiger charge is -2.20. The summed E-state index contributed by atoms with van der Waals surface area (Å²) in [6.07, 6.45) is 0. The minimum absolute atomic E-state index is 0.00233. The maximum absolute atomic E-state index is 14.0. The standard InChI is InChI=1S/C15H14BrF2N3/c1-21(10-4-2-9(3-5-10)15(19)20)8-11-13(17)7-6-12(16)14(11)18/h2-7H,8H2,1H3,(H3,19,20). The number of halogens is 3. The molecule has 0 spiro atoms. The van der Waals surface area contributed by atoms with Gasteiger partial charge in [0.2, 0.25) is 0 Å². The molecule has 21 heavy (non-hydrogen) atoms. The highest BCUT2D eigenvalue weighted by Gasteiger charge is 2.14. The van der Waals surface area contributed by atoms with E-state index < -0.39 is 11.6 Å². The number of amidine groups is 1. The predicted molar refractivity (Wildman–Crippen MR) is 83.6 cm³/mol. The van der Waals surface area contributed by atoms with Crippen LogP contribution in [0.2, 0.25) is 0 Å². The smallest absolute Gasteiger partial charge is 0.145 e. The Morgan fingerprint density at radius 3 is 2.38 bits per heavy atom. The van der Waals surface area contributed by atoms with Crippen molar-refractivity contribution in [2.45, 2.75) is 6.54 Å². The summed E-state index contributed by atoms with van der Waals surface area (Å²) >= 11 is 3.05. The van der Waals surface area contributed by atoms with Gasteiger partial charge in [-0.15, -0.1) is 0 Å². The average Bonchev–Trinajstić information content (AvgIpc) is 2.47. The maximum Gasteiger partial charge on any atom is 0.145 e. The number of hydrogen-bond donors (Lipinski definition) is 2. The maximum atomic E-state index is 14.0. The molecule has 0 bridgehead atoms. The fraction of sp³-hybridized carbons (Fsp3) is 0.133. The topological polar surface area (TPSA) is 53.1 Å². The molecule has 0 amide bonds. The van der Waals surface area contributed by atoms with Crippen molar-refractivity contribution < 1.29 is 8.78 Å². The molecule has 0 fully saturated rings. The first-order valence-electron chi connectivity index (χ1n) is 6.18. The van der Waals surface area contributed by atoms with Crippen molar-refractivity contribution in [2.24, 2.45) is 5.73 Å². The molecule has 2 aromatic carbocycles. The lowest BCUT2D eigenvalue weighted by molar-refractivity contribution is 0.549. The normalized spacial score (nSPS) is 10.5. The zero-order valence-electron chi connectivity index (χ0n) is 11.3. The largest absolute Gasteiger partial charge is 0.384 e. The van der Waals surface area contributed by atoms with Crippen LogP contribution in [0.5, 0.6) is 0 Å². The molecule has 0 saturated carbocycles. The van der Waals surface area contributed by atoms with Gasteiger partial charge >= 0.3 is 0 Å². The van der Waals surface area contributed by atoms with E-state index in [2.05, 4.69) is 15.9 Å². The number of nitrogens with one attached hydrogen (secondary N) is 1. The van der Waals surface area contributed by atoms with E-state index in [1.807, 2.05) is 0 Å². The molecule has 2 aromatic rings. The van der Waals surface area contributed by atoms with E-state index in [1.54, 1.807) is 36.2 Å². The Morgan fingerprint density at radius 1 is 1.19 bits per heavy atom. The molecule has 0 saturated heterocycles. The van der Waals surface area contributed by atoms with Gasteiger partial charge in [0.1, 0.15) is 17.5 Å². The van der Waals surface area contributed by atoms with E-state index >= 15 is 0 Å². The molecule has 0 aliphatic carbocycles. The summed E-state index contributed by atoms with van der Waals surface area (Å²) in [5, 5.41) is 7.33. The van der Waals surface area contributed by atoms with Crippen LogP contribution >= 0.6 is 15.9 Å². The fourth-order valence-corrected chi connectivity index (χ4v) is 2.31. The van der Waals surface area contributed by atoms with Crippen LogP contribution in [0.1, 0.15) is 11.1 Å². The Labute approximate surface area is 130 Å². The third-order valence-electron chi connectivity index (χ3n) is 3.15. The molecule has 0 heterocycles. The second kappa shape index (κ2) is 6.22. The molecule has 3 N–H and O–H groups in total. The summed E-state index contributed by atoms with van der Waals surface area (Å²) in [7, 11) is 1.74. The molecule has 0 radical (unpaired) electrons. The van der Waals surface area contributed by atoms with E-state index in [-0.39, 0.29) is 22.4 Å². The molecular formula is C15H14BrF2N3. The molecule has 6 heteroatoms. The summed E-state index contributed by atoms with van der Waals surface area (Å²) < 4.78 is 27.9. The molecule has 2 rings (SSSR count). The van der Waals surface area contributed by atoms with Crippen molar-refractivity contribution in [3.63, 3.8) is 0 Å². The first-order chi connectivity index (χ1) is 9.90. The van der Waals surface area contributed by atoms with Gasteiger partial charge in [-0.3, -0.25) is 5.41 Å². The van der Waals surface area contributed by atoms with Gasteiger partial charge in [0.05, 0.1) is 4.47 Å². The Morgan fingerprint density at radius 2 is 1.81 bits per heavy atom. The number of benzene rings is 2. The summed E-state index contributed by atoms with van der Waals surface area (Å²) in [6.45, 7) is 0.0938. The van der Waals surface area contributed by atoms with Gasteiger partial charge in [0.15, 0.2) is 0 Å². The van der Waals surface area contributed by atoms with Crippen LogP contribution in [0.15, 0.2) is 40.9 Å². The van der Waals surface area contributed by atoms with Crippen molar-refractivity contribution in [2.75, 3.05) is 11.9 Å². The van der Waals surface area contributed by atoms with Crippen molar-refractivity contribution in [1.29, 1.82) is 5.41 Å². The minimum Gasteiger partial charge on any atom is -0.384 e. The molecule has 3 nitrogen and oxygen atoms in total. The van der Waals surface area contributed by atoms with E-state index in [9.17, 15) is 8.78 Å². The van der Waals surface area contributed by atoms with Crippen molar-refractivity contribution in [3.8, 4) is 0 Å². The quantitative estimate of drug-likeness (QED) is 0.500. The van der Waals surface area contributed by atoms with Gasteiger partial charge in [-0.25, -0.2) is 8.78 Å². The van der Waals surface area contributed by atoms with Gasteiger partial charge in [0.25, 0.3) is 0 Å². The van der Waals surface area contributed by atoms with Gasteiger partial charge in [-0.1, -0.05) is 0 Å². The molecule has 0 aliphatic rings. The first-order valence-corrected chi connectivity index (χ1v) is 6.97. The molecule has 0 aromatic heterocycles. The summed E-state index contributed by atoms with van der Waals surface area (Å²) in [4.78, 5) is 1.72. The number of anilines is 1. The van der Waals surface area contributed by atoms with Crippen molar-refractivity contribution >= 4 is 27.5 Å². The van der Waals surface area contributed by atoms with Gasteiger partial charge < -0.3 is 10.6 Å². The van der Waals surface area contributed by atoms with Crippen LogP contribution < -0.4 is 10.6 Å². The van der Waals surface area contributed by atoms with Gasteiger partial charge in [-0.2, -0.15) is 0 Å². The number of rotatable bonds is 4. The lowest BCUT2D eigenvalue weighted by Crippen LogP contribution is -2.19. The number of hydrogen-bond acceptors (Lipinski definition) is 2. The number of nitrogens with zero attached hydrogens (tertiary/aromatic N) is 1. The number of nitrogen functional groups attached to an aromatic ring is 1. The summed E-state index contributed by atoms with van der Waals surface area (Å²) in [6, 6.07) is 9.48. The Hall–Kier alpha value is -1.95. The van der Waals surface area contributed by atoms with Crippen LogP contribution in [-0.4, -0.2) is 12.9 Å². The molecule has 0 aliphatic heterocycles. The third kappa shape index (κ3) is 3.39. The monoisotopic (exact) mass is 353 g/mol. The van der Waals surface area contributed by atoms with Crippen LogP contribution in [0, 0.1) is 17.0 Å². The van der Waals surface area contributed by atoms with Crippen molar-refractivity contribution in [1.82, 2.24) is 0 Å².